The number of hydrogen-bond acceptors (Lipinski definition) is 6. The summed E-state index contributed by atoms with van der Waals surface area (Å²) in [6.07, 6.45) is 15.6. The molecule has 2 aromatic carbocycles. The molecular formula is C40H43F2N6O2+. The number of ether oxygens (including phenoxy) is 1. The van der Waals surface area contributed by atoms with Gasteiger partial charge in [-0.1, -0.05) is 24.6 Å². The van der Waals surface area contributed by atoms with Gasteiger partial charge < -0.3 is 14.5 Å². The van der Waals surface area contributed by atoms with Crippen LogP contribution in [-0.2, 0) is 11.8 Å². The molecule has 258 valence electrons. The molecule has 1 saturated carbocycles. The van der Waals surface area contributed by atoms with Crippen molar-refractivity contribution in [3.05, 3.63) is 65.9 Å². The predicted octanol–water partition coefficient (Wildman–Crippen LogP) is 5.85. The highest BCUT2D eigenvalue weighted by Crippen LogP contribution is 2.60. The number of likely N-dealkylation sites (N-methyl/N-ethyl adjacent to an activating group) is 1. The fourth-order valence-electron chi connectivity index (χ4n) is 9.35. The predicted molar refractivity (Wildman–Crippen MR) is 190 cm³/mol. The van der Waals surface area contributed by atoms with E-state index in [4.69, 9.17) is 21.1 Å². The molecule has 4 aromatic rings. The van der Waals surface area contributed by atoms with Crippen LogP contribution < -0.4 is 14.2 Å². The molecule has 10 heteroatoms. The van der Waals surface area contributed by atoms with Crippen molar-refractivity contribution in [2.24, 2.45) is 12.5 Å². The van der Waals surface area contributed by atoms with E-state index in [0.29, 0.717) is 52.7 Å². The fraction of sp³-hybridized carbons (Fsp3) is 0.450. The number of fused-ring (bicyclic) bond motifs is 3. The number of aromatic nitrogens is 3. The molecule has 0 N–H and O–H groups in total. The Balaban J connectivity index is 1.27. The summed E-state index contributed by atoms with van der Waals surface area (Å²) in [6.45, 7) is 10.6. The number of nitrogens with zero attached hydrogens (tertiary/aromatic N) is 6. The van der Waals surface area contributed by atoms with Gasteiger partial charge in [0.25, 0.3) is 5.69 Å². The summed E-state index contributed by atoms with van der Waals surface area (Å²) in [6, 6.07) is 7.08. The molecular weight excluding hydrogens is 634 g/mol. The van der Waals surface area contributed by atoms with Gasteiger partial charge in [-0.05, 0) is 93.5 Å². The Morgan fingerprint density at radius 1 is 1.24 bits per heavy atom. The summed E-state index contributed by atoms with van der Waals surface area (Å²) >= 11 is 0. The molecule has 1 aliphatic carbocycles. The number of hydrogen-bond donors (Lipinski definition) is 0. The second-order valence-electron chi connectivity index (χ2n) is 15.1. The van der Waals surface area contributed by atoms with Gasteiger partial charge in [-0.3, -0.25) is 9.69 Å². The number of benzene rings is 2. The quantitative estimate of drug-likeness (QED) is 0.139. The van der Waals surface area contributed by atoms with Crippen LogP contribution in [0.1, 0.15) is 56.6 Å². The van der Waals surface area contributed by atoms with Crippen molar-refractivity contribution in [1.82, 2.24) is 19.8 Å². The zero-order chi connectivity index (χ0) is 35.1. The van der Waals surface area contributed by atoms with E-state index >= 15 is 8.78 Å². The molecule has 0 bridgehead atoms. The van der Waals surface area contributed by atoms with E-state index in [1.807, 2.05) is 37.2 Å². The van der Waals surface area contributed by atoms with E-state index in [9.17, 15) is 4.79 Å². The minimum absolute atomic E-state index is 0.0595. The Kier molecular flexibility index (Phi) is 7.64. The summed E-state index contributed by atoms with van der Waals surface area (Å²) in [4.78, 5) is 28.8. The minimum atomic E-state index is -0.579. The van der Waals surface area contributed by atoms with E-state index in [1.165, 1.54) is 18.9 Å². The van der Waals surface area contributed by atoms with Crippen LogP contribution in [0.25, 0.3) is 32.9 Å². The maximum absolute atomic E-state index is 17.3. The van der Waals surface area contributed by atoms with E-state index < -0.39 is 11.6 Å². The van der Waals surface area contributed by atoms with Crippen LogP contribution in [-0.4, -0.2) is 76.6 Å². The van der Waals surface area contributed by atoms with Crippen molar-refractivity contribution in [2.75, 3.05) is 38.2 Å². The van der Waals surface area contributed by atoms with Gasteiger partial charge in [-0.15, -0.1) is 6.42 Å². The second-order valence-corrected chi connectivity index (χ2v) is 15.1. The molecule has 3 aliphatic heterocycles. The SMILES string of the molecule is C#Cc1c(F)c(C)cc2cccc(-c3c(F)c4nc(OC[C@]56CCCN5CC5(CC5)C6)nc(N(C)[C@@H]5CCN(C(=O)C=C)[C@@H]5C)c4c[n+]3C)c12. The summed E-state index contributed by atoms with van der Waals surface area (Å²) in [7, 11) is 3.69. The number of pyridine rings is 1. The first-order valence-electron chi connectivity index (χ1n) is 17.6. The Bertz CT molecular complexity index is 2140. The minimum Gasteiger partial charge on any atom is -0.461 e. The number of aryl methyl sites for hydroxylation is 2. The first kappa shape index (κ1) is 32.6. The lowest BCUT2D eigenvalue weighted by Gasteiger charge is -2.32. The van der Waals surface area contributed by atoms with Gasteiger partial charge in [-0.25, -0.2) is 4.39 Å². The number of carbonyl (C=O) groups excluding carboxylic acids is 1. The Morgan fingerprint density at radius 2 is 2.04 bits per heavy atom. The average Bonchev–Trinajstić information content (AvgIpc) is 3.41. The van der Waals surface area contributed by atoms with Gasteiger partial charge in [0.15, 0.2) is 6.20 Å². The van der Waals surface area contributed by atoms with E-state index in [0.717, 1.165) is 37.7 Å². The average molecular weight is 678 g/mol. The van der Waals surface area contributed by atoms with E-state index in [2.05, 4.69) is 17.4 Å². The van der Waals surface area contributed by atoms with Gasteiger partial charge in [-0.2, -0.15) is 18.9 Å². The number of amides is 1. The van der Waals surface area contributed by atoms with Crippen LogP contribution in [0.5, 0.6) is 6.01 Å². The third-order valence-electron chi connectivity index (χ3n) is 12.1. The number of anilines is 1. The fourth-order valence-corrected chi connectivity index (χ4v) is 9.35. The van der Waals surface area contributed by atoms with Crippen LogP contribution in [0.15, 0.2) is 43.1 Å². The molecule has 8 rings (SSSR count). The van der Waals surface area contributed by atoms with Gasteiger partial charge >= 0.3 is 6.01 Å². The van der Waals surface area contributed by atoms with Crippen molar-refractivity contribution in [3.8, 4) is 29.6 Å². The molecule has 2 aromatic heterocycles. The molecule has 1 amide bonds. The number of carbonyl (C=O) groups is 1. The first-order valence-corrected chi connectivity index (χ1v) is 17.6. The molecule has 0 unspecified atom stereocenters. The largest absolute Gasteiger partial charge is 0.461 e. The molecule has 4 fully saturated rings. The third kappa shape index (κ3) is 4.96. The van der Waals surface area contributed by atoms with E-state index in [1.54, 1.807) is 35.6 Å². The standard InChI is InChI=1S/C40H43F2N6O2/c1-7-27-32-26(19-24(3)33(27)41)11-9-12-28(32)36-34(42)35-29(20-45(36)5)37(46(6)30-13-18-48(25(30)4)31(49)8-2)44-38(43-35)50-23-40-14-10-17-47(40)22-39(21-40)15-16-39/h1,8-9,11-12,19-20,25,30H,2,10,13-18,21-23H2,3-6H3/q+1/t25-,30-,40-/m1/s1. The van der Waals surface area contributed by atoms with Gasteiger partial charge in [0.2, 0.25) is 11.7 Å². The van der Waals surface area contributed by atoms with Gasteiger partial charge in [0.1, 0.15) is 36.2 Å². The Labute approximate surface area is 291 Å². The third-order valence-corrected chi connectivity index (χ3v) is 12.1. The lowest BCUT2D eigenvalue weighted by atomic mass is 9.89. The highest BCUT2D eigenvalue weighted by molar-refractivity contribution is 6.01. The summed E-state index contributed by atoms with van der Waals surface area (Å²) in [5.41, 5.74) is 1.68. The van der Waals surface area contributed by atoms with Crippen LogP contribution in [0.2, 0.25) is 0 Å². The van der Waals surface area contributed by atoms with Crippen molar-refractivity contribution >= 4 is 33.4 Å². The monoisotopic (exact) mass is 677 g/mol. The summed E-state index contributed by atoms with van der Waals surface area (Å²) in [5, 5.41) is 1.69. The van der Waals surface area contributed by atoms with E-state index in [-0.39, 0.29) is 46.3 Å². The summed E-state index contributed by atoms with van der Waals surface area (Å²) < 4.78 is 40.9. The zero-order valence-electron chi connectivity index (χ0n) is 29.2. The lowest BCUT2D eigenvalue weighted by Crippen LogP contribution is -2.44. The maximum Gasteiger partial charge on any atom is 0.319 e. The zero-order valence-corrected chi connectivity index (χ0v) is 29.2. The van der Waals surface area contributed by atoms with Crippen molar-refractivity contribution in [2.45, 2.75) is 70.0 Å². The second kappa shape index (κ2) is 11.7. The van der Waals surface area contributed by atoms with Crippen LogP contribution in [0, 0.1) is 36.3 Å². The Morgan fingerprint density at radius 3 is 2.78 bits per heavy atom. The Hall–Kier alpha value is -4.62. The van der Waals surface area contributed by atoms with Gasteiger partial charge in [0.05, 0.1) is 22.7 Å². The van der Waals surface area contributed by atoms with Crippen LogP contribution in [0.3, 0.4) is 0 Å². The number of likely N-dealkylation sites (tertiary alicyclic amines) is 1. The van der Waals surface area contributed by atoms with Crippen molar-refractivity contribution in [1.29, 1.82) is 0 Å². The molecule has 50 heavy (non-hydrogen) atoms. The first-order chi connectivity index (χ1) is 24.0. The molecule has 4 aliphatic rings. The lowest BCUT2D eigenvalue weighted by molar-refractivity contribution is -0.660. The van der Waals surface area contributed by atoms with Crippen LogP contribution >= 0.6 is 0 Å². The smallest absolute Gasteiger partial charge is 0.319 e. The molecule has 5 heterocycles. The molecule has 8 nitrogen and oxygen atoms in total. The molecule has 3 saturated heterocycles. The highest BCUT2D eigenvalue weighted by Gasteiger charge is 2.60. The number of halogens is 2. The topological polar surface area (TPSA) is 65.7 Å². The normalized spacial score (nSPS) is 23.8. The summed E-state index contributed by atoms with van der Waals surface area (Å²) in [5.74, 6) is 1.85. The maximum atomic E-state index is 17.3. The van der Waals surface area contributed by atoms with Crippen molar-refractivity contribution < 1.29 is 22.9 Å². The van der Waals surface area contributed by atoms with Crippen molar-refractivity contribution in [3.63, 3.8) is 0 Å². The highest BCUT2D eigenvalue weighted by atomic mass is 19.1. The molecule has 0 radical (unpaired) electrons. The number of rotatable bonds is 7. The van der Waals surface area contributed by atoms with Crippen LogP contribution in [0.4, 0.5) is 14.6 Å². The number of terminal acetylenes is 1. The molecule has 1 spiro atoms. The molecule has 3 atom stereocenters. The van der Waals surface area contributed by atoms with Gasteiger partial charge in [0, 0.05) is 31.6 Å².